The molecule has 0 aliphatic heterocycles. The normalized spacial score (nSPS) is 14.0. The van der Waals surface area contributed by atoms with Crippen LogP contribution in [0.1, 0.15) is 56.2 Å². The zero-order chi connectivity index (χ0) is 13.9. The van der Waals surface area contributed by atoms with E-state index in [1.165, 1.54) is 18.5 Å². The lowest BCUT2D eigenvalue weighted by atomic mass is 9.81. The van der Waals surface area contributed by atoms with Crippen molar-refractivity contribution < 1.29 is 4.79 Å². The molecular formula is C14H25Cl2N3OS. The molecule has 0 aromatic carbocycles. The number of carbonyl (C=O) groups is 1. The van der Waals surface area contributed by atoms with Crippen LogP contribution in [0.15, 0.2) is 5.38 Å². The van der Waals surface area contributed by atoms with Gasteiger partial charge < -0.3 is 11.1 Å². The van der Waals surface area contributed by atoms with Crippen molar-refractivity contribution in [1.82, 2.24) is 10.3 Å². The maximum Gasteiger partial charge on any atom is 0.227 e. The number of thiazole rings is 1. The van der Waals surface area contributed by atoms with Crippen molar-refractivity contribution in [3.05, 3.63) is 16.1 Å². The van der Waals surface area contributed by atoms with Crippen molar-refractivity contribution >= 4 is 42.1 Å². The van der Waals surface area contributed by atoms with Crippen LogP contribution >= 0.6 is 36.2 Å². The minimum absolute atomic E-state index is 0. The molecule has 0 atom stereocenters. The summed E-state index contributed by atoms with van der Waals surface area (Å²) in [4.78, 5) is 16.8. The van der Waals surface area contributed by atoms with Gasteiger partial charge in [-0.15, -0.1) is 36.2 Å². The minimum Gasteiger partial charge on any atom is -0.349 e. The molecule has 1 amide bonds. The summed E-state index contributed by atoms with van der Waals surface area (Å²) in [6.45, 7) is 4.96. The van der Waals surface area contributed by atoms with E-state index in [0.717, 1.165) is 17.8 Å². The van der Waals surface area contributed by atoms with Crippen LogP contribution < -0.4 is 11.1 Å². The maximum absolute atomic E-state index is 12.3. The third-order valence-corrected chi connectivity index (χ3v) is 5.06. The topological polar surface area (TPSA) is 68.0 Å². The highest BCUT2D eigenvalue weighted by Gasteiger charge is 2.33. The van der Waals surface area contributed by atoms with Gasteiger partial charge in [-0.2, -0.15) is 0 Å². The summed E-state index contributed by atoms with van der Waals surface area (Å²) in [6, 6.07) is 0. The summed E-state index contributed by atoms with van der Waals surface area (Å²) in [6.07, 6.45) is 4.07. The molecule has 0 spiro atoms. The van der Waals surface area contributed by atoms with Crippen molar-refractivity contribution in [1.29, 1.82) is 0 Å². The van der Waals surface area contributed by atoms with E-state index in [2.05, 4.69) is 15.7 Å². The number of hydrogen-bond donors (Lipinski definition) is 2. The minimum atomic E-state index is -0.420. The zero-order valence-corrected chi connectivity index (χ0v) is 15.0. The van der Waals surface area contributed by atoms with E-state index >= 15 is 0 Å². The van der Waals surface area contributed by atoms with Crippen molar-refractivity contribution in [2.45, 2.75) is 52.0 Å². The molecule has 1 saturated carbocycles. The molecule has 1 aliphatic rings. The number of amides is 1. The first-order valence-electron chi connectivity index (χ1n) is 7.08. The first kappa shape index (κ1) is 20.6. The molecule has 4 nitrogen and oxygen atoms in total. The SMILES string of the molecule is CCC(CC)(CN)C(=O)NCc1nc(C2CC2)cs1.Cl.Cl. The Morgan fingerprint density at radius 1 is 1.43 bits per heavy atom. The summed E-state index contributed by atoms with van der Waals surface area (Å²) in [5, 5.41) is 6.11. The van der Waals surface area contributed by atoms with Crippen LogP contribution in [0.5, 0.6) is 0 Å². The van der Waals surface area contributed by atoms with Gasteiger partial charge in [-0.25, -0.2) is 4.98 Å². The summed E-state index contributed by atoms with van der Waals surface area (Å²) < 4.78 is 0. The molecule has 1 aromatic heterocycles. The second-order valence-electron chi connectivity index (χ2n) is 5.31. The Balaban J connectivity index is 0.00000200. The fourth-order valence-electron chi connectivity index (χ4n) is 2.27. The molecule has 122 valence electrons. The van der Waals surface area contributed by atoms with Gasteiger partial charge in [-0.05, 0) is 25.7 Å². The van der Waals surface area contributed by atoms with Gasteiger partial charge >= 0.3 is 0 Å². The number of rotatable bonds is 7. The zero-order valence-electron chi connectivity index (χ0n) is 12.6. The average molecular weight is 354 g/mol. The number of carbonyl (C=O) groups excluding carboxylic acids is 1. The summed E-state index contributed by atoms with van der Waals surface area (Å²) in [5.41, 5.74) is 6.56. The van der Waals surface area contributed by atoms with Crippen LogP contribution in [0.25, 0.3) is 0 Å². The first-order chi connectivity index (χ1) is 9.15. The number of nitrogens with zero attached hydrogens (tertiary/aromatic N) is 1. The lowest BCUT2D eigenvalue weighted by molar-refractivity contribution is -0.131. The summed E-state index contributed by atoms with van der Waals surface area (Å²) in [5.74, 6) is 0.735. The van der Waals surface area contributed by atoms with E-state index in [-0.39, 0.29) is 30.7 Å². The van der Waals surface area contributed by atoms with Crippen molar-refractivity contribution in [3.63, 3.8) is 0 Å². The lowest BCUT2D eigenvalue weighted by Gasteiger charge is -2.28. The van der Waals surface area contributed by atoms with Crippen LogP contribution in [0, 0.1) is 5.41 Å². The van der Waals surface area contributed by atoms with Gasteiger partial charge in [0.2, 0.25) is 5.91 Å². The van der Waals surface area contributed by atoms with E-state index in [4.69, 9.17) is 5.73 Å². The van der Waals surface area contributed by atoms with Crippen LogP contribution in [-0.2, 0) is 11.3 Å². The predicted octanol–water partition coefficient (Wildman–Crippen LogP) is 3.25. The van der Waals surface area contributed by atoms with Crippen LogP contribution in [0.4, 0.5) is 0 Å². The Hall–Kier alpha value is -0.360. The molecule has 1 heterocycles. The van der Waals surface area contributed by atoms with Gasteiger partial charge in [-0.1, -0.05) is 13.8 Å². The number of hydrogen-bond acceptors (Lipinski definition) is 4. The molecular weight excluding hydrogens is 329 g/mol. The highest BCUT2D eigenvalue weighted by Crippen LogP contribution is 2.40. The molecule has 0 radical (unpaired) electrons. The quantitative estimate of drug-likeness (QED) is 0.790. The molecule has 21 heavy (non-hydrogen) atoms. The Labute approximate surface area is 143 Å². The Bertz CT molecular complexity index is 437. The van der Waals surface area contributed by atoms with Gasteiger partial charge in [0.25, 0.3) is 0 Å². The third-order valence-electron chi connectivity index (χ3n) is 4.19. The molecule has 7 heteroatoms. The van der Waals surface area contributed by atoms with Crippen molar-refractivity contribution in [3.8, 4) is 0 Å². The molecule has 0 saturated heterocycles. The molecule has 1 aromatic rings. The van der Waals surface area contributed by atoms with Gasteiger partial charge in [0.15, 0.2) is 0 Å². The Morgan fingerprint density at radius 3 is 2.52 bits per heavy atom. The smallest absolute Gasteiger partial charge is 0.227 e. The van der Waals surface area contributed by atoms with E-state index in [1.807, 2.05) is 13.8 Å². The second kappa shape index (κ2) is 8.93. The third kappa shape index (κ3) is 4.81. The van der Waals surface area contributed by atoms with Crippen LogP contribution in [0.3, 0.4) is 0 Å². The van der Waals surface area contributed by atoms with Gasteiger partial charge in [0.05, 0.1) is 17.7 Å². The van der Waals surface area contributed by atoms with Gasteiger partial charge in [-0.3, -0.25) is 4.79 Å². The summed E-state index contributed by atoms with van der Waals surface area (Å²) >= 11 is 1.64. The van der Waals surface area contributed by atoms with Crippen LogP contribution in [-0.4, -0.2) is 17.4 Å². The van der Waals surface area contributed by atoms with Crippen molar-refractivity contribution in [2.75, 3.05) is 6.54 Å². The maximum atomic E-state index is 12.3. The Morgan fingerprint density at radius 2 is 2.05 bits per heavy atom. The molecule has 1 aliphatic carbocycles. The fraction of sp³-hybridized carbons (Fsp3) is 0.714. The number of nitrogens with one attached hydrogen (secondary N) is 1. The fourth-order valence-corrected chi connectivity index (χ4v) is 3.08. The van der Waals surface area contributed by atoms with E-state index in [1.54, 1.807) is 11.3 Å². The predicted molar refractivity (Wildman–Crippen MR) is 92.5 cm³/mol. The summed E-state index contributed by atoms with van der Waals surface area (Å²) in [7, 11) is 0. The standard InChI is InChI=1S/C14H23N3OS.2ClH/c1-3-14(4-2,9-15)13(18)16-7-12-17-11(8-19-12)10-5-6-10;;/h8,10H,3-7,9,15H2,1-2H3,(H,16,18);2*1H. The number of halogens is 2. The largest absolute Gasteiger partial charge is 0.349 e. The monoisotopic (exact) mass is 353 g/mol. The number of aromatic nitrogens is 1. The van der Waals surface area contributed by atoms with Gasteiger partial charge in [0, 0.05) is 17.8 Å². The molecule has 0 bridgehead atoms. The van der Waals surface area contributed by atoms with Gasteiger partial charge in [0.1, 0.15) is 5.01 Å². The number of nitrogens with two attached hydrogens (primary N) is 1. The highest BCUT2D eigenvalue weighted by molar-refractivity contribution is 7.09. The molecule has 3 N–H and O–H groups in total. The van der Waals surface area contributed by atoms with E-state index in [0.29, 0.717) is 19.0 Å². The highest BCUT2D eigenvalue weighted by atomic mass is 35.5. The first-order valence-corrected chi connectivity index (χ1v) is 7.95. The molecule has 0 unspecified atom stereocenters. The lowest BCUT2D eigenvalue weighted by Crippen LogP contribution is -2.45. The van der Waals surface area contributed by atoms with Crippen LogP contribution in [0.2, 0.25) is 0 Å². The second-order valence-corrected chi connectivity index (χ2v) is 6.26. The molecule has 2 rings (SSSR count). The molecule has 1 fully saturated rings. The average Bonchev–Trinajstić information content (AvgIpc) is 3.18. The Kier molecular flexibility index (Phi) is 8.78. The van der Waals surface area contributed by atoms with E-state index in [9.17, 15) is 4.79 Å². The van der Waals surface area contributed by atoms with E-state index < -0.39 is 5.41 Å². The van der Waals surface area contributed by atoms with Crippen molar-refractivity contribution in [2.24, 2.45) is 11.1 Å².